The second-order valence-corrected chi connectivity index (χ2v) is 16.1. The number of ketones is 1. The van der Waals surface area contributed by atoms with E-state index in [9.17, 15) is 18.0 Å². The van der Waals surface area contributed by atoms with E-state index in [0.717, 1.165) is 34.1 Å². The zero-order chi connectivity index (χ0) is 43.4. The predicted octanol–water partition coefficient (Wildman–Crippen LogP) is 8.48. The number of carbonyl (C=O) groups excluding carboxylic acids is 2. The number of benzene rings is 6. The summed E-state index contributed by atoms with van der Waals surface area (Å²) in [6, 6.07) is 53.3. The van der Waals surface area contributed by atoms with Gasteiger partial charge in [-0.2, -0.15) is 8.42 Å². The number of amides is 1. The van der Waals surface area contributed by atoms with E-state index in [1.807, 2.05) is 152 Å². The highest BCUT2D eigenvalue weighted by atomic mass is 32.2. The minimum atomic E-state index is -4.29. The molecule has 0 bridgehead atoms. The molecule has 6 rings (SSSR count). The first kappa shape index (κ1) is 45.5. The Morgan fingerprint density at radius 3 is 1.32 bits per heavy atom. The molecule has 0 aliphatic rings. The van der Waals surface area contributed by atoms with Gasteiger partial charge >= 0.3 is 6.09 Å². The Morgan fingerprint density at radius 1 is 0.484 bits per heavy atom. The molecule has 1 amide bonds. The van der Waals surface area contributed by atoms with Crippen molar-refractivity contribution in [1.29, 1.82) is 0 Å². The van der Waals surface area contributed by atoms with Gasteiger partial charge in [0.25, 0.3) is 10.1 Å². The summed E-state index contributed by atoms with van der Waals surface area (Å²) >= 11 is 0. The van der Waals surface area contributed by atoms with E-state index < -0.39 is 52.5 Å². The van der Waals surface area contributed by atoms with Gasteiger partial charge in [0.15, 0.2) is 5.78 Å². The lowest BCUT2D eigenvalue weighted by Gasteiger charge is -2.39. The topological polar surface area (TPSA) is 136 Å². The summed E-state index contributed by atoms with van der Waals surface area (Å²) in [5, 5.41) is 2.79. The molecule has 0 unspecified atom stereocenters. The minimum absolute atomic E-state index is 0.0429. The molecule has 0 saturated carbocycles. The van der Waals surface area contributed by atoms with Crippen molar-refractivity contribution in [3.05, 3.63) is 215 Å². The van der Waals surface area contributed by atoms with E-state index in [-0.39, 0.29) is 45.2 Å². The van der Waals surface area contributed by atoms with Gasteiger partial charge in [-0.25, -0.2) is 4.79 Å². The molecule has 6 aromatic rings. The third-order valence-electron chi connectivity index (χ3n) is 9.73. The van der Waals surface area contributed by atoms with E-state index >= 15 is 0 Å². The quantitative estimate of drug-likeness (QED) is 0.0467. The van der Waals surface area contributed by atoms with Crippen molar-refractivity contribution >= 4 is 22.0 Å². The van der Waals surface area contributed by atoms with Crippen molar-refractivity contribution in [3.63, 3.8) is 0 Å². The summed E-state index contributed by atoms with van der Waals surface area (Å²) in [6.07, 6.45) is -5.50. The van der Waals surface area contributed by atoms with E-state index in [1.54, 1.807) is 30.3 Å². The van der Waals surface area contributed by atoms with Gasteiger partial charge in [0.2, 0.25) is 0 Å². The third-order valence-corrected chi connectivity index (χ3v) is 10.3. The fourth-order valence-corrected chi connectivity index (χ4v) is 7.31. The molecule has 11 nitrogen and oxygen atoms in total. The van der Waals surface area contributed by atoms with Gasteiger partial charge in [-0.3, -0.25) is 8.98 Å². The van der Waals surface area contributed by atoms with Gasteiger partial charge < -0.3 is 29.0 Å². The molecule has 12 heteroatoms. The van der Waals surface area contributed by atoms with Crippen molar-refractivity contribution in [2.24, 2.45) is 0 Å². The van der Waals surface area contributed by atoms with Crippen molar-refractivity contribution < 1.29 is 45.9 Å². The van der Waals surface area contributed by atoms with Crippen LogP contribution in [0.4, 0.5) is 4.79 Å². The summed E-state index contributed by atoms with van der Waals surface area (Å²) in [6.45, 7) is -0.173. The molecule has 0 aliphatic heterocycles. The normalized spacial score (nSPS) is 13.9. The van der Waals surface area contributed by atoms with Crippen LogP contribution in [0.15, 0.2) is 182 Å². The molecule has 0 fully saturated rings. The lowest BCUT2D eigenvalue weighted by molar-refractivity contribution is -0.173. The van der Waals surface area contributed by atoms with Gasteiger partial charge in [-0.15, -0.1) is 0 Å². The van der Waals surface area contributed by atoms with Crippen molar-refractivity contribution in [3.8, 4) is 0 Å². The Bertz CT molecular complexity index is 2320. The second kappa shape index (κ2) is 23.9. The van der Waals surface area contributed by atoms with E-state index in [0.29, 0.717) is 0 Å². The van der Waals surface area contributed by atoms with Crippen molar-refractivity contribution in [2.45, 2.75) is 63.5 Å². The monoisotopic (exact) mass is 857 g/mol. The maximum Gasteiger partial charge on any atom is 0.408 e. The van der Waals surface area contributed by atoms with E-state index in [2.05, 4.69) is 5.32 Å². The second-order valence-electron chi connectivity index (χ2n) is 14.5. The zero-order valence-corrected chi connectivity index (χ0v) is 35.3. The first-order chi connectivity index (χ1) is 30.2. The molecule has 0 aromatic heterocycles. The highest BCUT2D eigenvalue weighted by Crippen LogP contribution is 2.27. The summed E-state index contributed by atoms with van der Waals surface area (Å²) in [5.41, 5.74) is 4.13. The number of alkyl carbamates (subject to hydrolysis) is 1. The lowest BCUT2D eigenvalue weighted by Crippen LogP contribution is -2.60. The van der Waals surface area contributed by atoms with Crippen LogP contribution in [-0.2, 0) is 71.0 Å². The van der Waals surface area contributed by atoms with E-state index in [1.165, 1.54) is 0 Å². The minimum Gasteiger partial charge on any atom is -0.445 e. The van der Waals surface area contributed by atoms with Crippen LogP contribution in [0.2, 0.25) is 0 Å². The molecular formula is C50H51NO10S. The predicted molar refractivity (Wildman–Crippen MR) is 235 cm³/mol. The highest BCUT2D eigenvalue weighted by Gasteiger charge is 2.46. The molecule has 322 valence electrons. The molecule has 0 aliphatic carbocycles. The largest absolute Gasteiger partial charge is 0.445 e. The number of carbonyl (C=O) groups is 2. The fraction of sp³-hybridized carbons (Fsp3) is 0.240. The van der Waals surface area contributed by atoms with Crippen LogP contribution < -0.4 is 5.32 Å². The van der Waals surface area contributed by atoms with Crippen LogP contribution in [-0.4, -0.2) is 63.6 Å². The molecule has 0 saturated heterocycles. The van der Waals surface area contributed by atoms with Crippen molar-refractivity contribution in [1.82, 2.24) is 5.32 Å². The van der Waals surface area contributed by atoms with Crippen LogP contribution in [0.5, 0.6) is 0 Å². The number of hydrogen-bond acceptors (Lipinski definition) is 10. The van der Waals surface area contributed by atoms with Crippen LogP contribution in [0.3, 0.4) is 0 Å². The Labute approximate surface area is 363 Å². The molecule has 0 radical (unpaired) electrons. The first-order valence-electron chi connectivity index (χ1n) is 20.2. The Kier molecular flexibility index (Phi) is 17.5. The highest BCUT2D eigenvalue weighted by molar-refractivity contribution is 7.86. The van der Waals surface area contributed by atoms with Gasteiger partial charge in [0.1, 0.15) is 37.1 Å². The summed E-state index contributed by atoms with van der Waals surface area (Å²) in [4.78, 5) is 28.7. The van der Waals surface area contributed by atoms with Crippen LogP contribution >= 0.6 is 0 Å². The Hall–Kier alpha value is -5.99. The maximum atomic E-state index is 14.9. The fourth-order valence-electron chi connectivity index (χ4n) is 6.67. The SMILES string of the molecule is CS(=O)(=O)O[C@@H]([C@H](OCc1ccccc1)[C@@H](OCc1ccccc1)[C@H](NC(=O)OCc1ccccc1)C(=O)c1ccccc1)[C@@H](COCc1ccccc1)OCc1ccccc1. The summed E-state index contributed by atoms with van der Waals surface area (Å²) < 4.78 is 64.9. The van der Waals surface area contributed by atoms with Gasteiger partial charge in [0, 0.05) is 5.56 Å². The smallest absolute Gasteiger partial charge is 0.408 e. The molecule has 1 N–H and O–H groups in total. The van der Waals surface area contributed by atoms with Crippen LogP contribution in [0, 0.1) is 0 Å². The lowest BCUT2D eigenvalue weighted by atomic mass is 9.91. The summed E-state index contributed by atoms with van der Waals surface area (Å²) in [7, 11) is -4.29. The van der Waals surface area contributed by atoms with Crippen LogP contribution in [0.25, 0.3) is 0 Å². The number of hydrogen-bond donors (Lipinski definition) is 1. The van der Waals surface area contributed by atoms with E-state index in [4.69, 9.17) is 27.9 Å². The number of ether oxygens (including phenoxy) is 5. The zero-order valence-electron chi connectivity index (χ0n) is 34.4. The molecule has 5 atom stereocenters. The maximum absolute atomic E-state index is 14.9. The molecule has 62 heavy (non-hydrogen) atoms. The number of rotatable bonds is 24. The standard InChI is InChI=1S/C50H51NO10S/c1-62(54,55)61-47(44(57-33-39-22-10-3-11-23-39)37-56-32-38-20-8-2-9-21-38)49(59-35-41-26-14-5-15-27-41)48(58-34-40-24-12-4-13-25-40)45(46(52)43-30-18-7-19-31-43)51-50(53)60-36-42-28-16-6-17-29-42/h2-31,44-45,47-49H,32-37H2,1H3,(H,51,53)/t44-,45-,47-,48+,49+/m1/s1. The first-order valence-corrected chi connectivity index (χ1v) is 22.1. The molecule has 0 heterocycles. The third kappa shape index (κ3) is 14.9. The molecule has 6 aromatic carbocycles. The number of Topliss-reactive ketones (excluding diaryl/α,β-unsaturated/α-hetero) is 1. The van der Waals surface area contributed by atoms with Gasteiger partial charge in [-0.1, -0.05) is 182 Å². The van der Waals surface area contributed by atoms with Crippen LogP contribution in [0.1, 0.15) is 38.2 Å². The van der Waals surface area contributed by atoms with Gasteiger partial charge in [-0.05, 0) is 27.8 Å². The number of nitrogens with one attached hydrogen (secondary N) is 1. The van der Waals surface area contributed by atoms with Gasteiger partial charge in [0.05, 0.1) is 39.3 Å². The Morgan fingerprint density at radius 2 is 0.871 bits per heavy atom. The molecule has 0 spiro atoms. The molecular weight excluding hydrogens is 807 g/mol. The average molecular weight is 858 g/mol. The summed E-state index contributed by atoms with van der Waals surface area (Å²) in [5.74, 6) is -0.547. The van der Waals surface area contributed by atoms with Crippen molar-refractivity contribution in [2.75, 3.05) is 12.9 Å². The Balaban J connectivity index is 1.46. The average Bonchev–Trinajstić information content (AvgIpc) is 3.30.